The van der Waals surface area contributed by atoms with E-state index in [1.807, 2.05) is 0 Å². The number of benzene rings is 2. The Hall–Kier alpha value is -1.82. The number of nitrogens with one attached hydrogen (secondary N) is 1. The van der Waals surface area contributed by atoms with E-state index >= 15 is 0 Å². The summed E-state index contributed by atoms with van der Waals surface area (Å²) < 4.78 is 39.2. The molecule has 0 aliphatic carbocycles. The Kier molecular flexibility index (Phi) is 4.37. The number of hydrogen-bond acceptors (Lipinski definition) is 1. The zero-order valence-corrected chi connectivity index (χ0v) is 12.5. The summed E-state index contributed by atoms with van der Waals surface area (Å²) in [6.45, 7) is 1.80. The van der Waals surface area contributed by atoms with Gasteiger partial charge in [0.15, 0.2) is 0 Å². The molecule has 1 amide bonds. The number of anilines is 1. The maximum Gasteiger partial charge on any atom is 0.418 e. The van der Waals surface area contributed by atoms with Gasteiger partial charge in [0.2, 0.25) is 0 Å². The van der Waals surface area contributed by atoms with Crippen LogP contribution in [-0.2, 0) is 6.18 Å². The van der Waals surface area contributed by atoms with Gasteiger partial charge in [-0.3, -0.25) is 4.79 Å². The molecule has 6 heteroatoms. The predicted octanol–water partition coefficient (Wildman–Crippen LogP) is 5.03. The van der Waals surface area contributed by atoms with Crippen molar-refractivity contribution < 1.29 is 18.0 Å². The van der Waals surface area contributed by atoms with Crippen molar-refractivity contribution >= 4 is 27.5 Å². The number of rotatable bonds is 2. The molecule has 0 fully saturated rings. The predicted molar refractivity (Wildman–Crippen MR) is 78.3 cm³/mol. The Labute approximate surface area is 128 Å². The van der Waals surface area contributed by atoms with Gasteiger partial charge in [0.05, 0.1) is 16.8 Å². The van der Waals surface area contributed by atoms with Gasteiger partial charge in [0.1, 0.15) is 0 Å². The minimum Gasteiger partial charge on any atom is -0.321 e. The Balaban J connectivity index is 2.35. The van der Waals surface area contributed by atoms with E-state index in [1.165, 1.54) is 18.2 Å². The van der Waals surface area contributed by atoms with Crippen molar-refractivity contribution in [1.29, 1.82) is 0 Å². The van der Waals surface area contributed by atoms with Gasteiger partial charge in [-0.1, -0.05) is 23.8 Å². The molecule has 0 unspecified atom stereocenters. The van der Waals surface area contributed by atoms with Crippen molar-refractivity contribution in [3.05, 3.63) is 63.6 Å². The SMILES string of the molecule is Cc1ccc(Br)c(C(=O)Nc2ccccc2C(F)(F)F)c1. The second-order valence-corrected chi connectivity index (χ2v) is 5.34. The molecule has 0 aromatic heterocycles. The quantitative estimate of drug-likeness (QED) is 0.802. The lowest BCUT2D eigenvalue weighted by molar-refractivity contribution is -0.136. The van der Waals surface area contributed by atoms with E-state index in [0.717, 1.165) is 11.6 Å². The van der Waals surface area contributed by atoms with Crippen LogP contribution in [0.4, 0.5) is 18.9 Å². The molecule has 110 valence electrons. The summed E-state index contributed by atoms with van der Waals surface area (Å²) in [5, 5.41) is 2.31. The summed E-state index contributed by atoms with van der Waals surface area (Å²) in [6.07, 6.45) is -4.52. The molecule has 0 spiro atoms. The van der Waals surface area contributed by atoms with Crippen molar-refractivity contribution in [2.75, 3.05) is 5.32 Å². The third-order valence-corrected chi connectivity index (χ3v) is 3.54. The summed E-state index contributed by atoms with van der Waals surface area (Å²) in [7, 11) is 0. The molecule has 1 N–H and O–H groups in total. The fourth-order valence-electron chi connectivity index (χ4n) is 1.84. The van der Waals surface area contributed by atoms with Gasteiger partial charge in [-0.2, -0.15) is 13.2 Å². The molecule has 21 heavy (non-hydrogen) atoms. The molecule has 0 aliphatic heterocycles. The van der Waals surface area contributed by atoms with E-state index in [0.29, 0.717) is 4.47 Å². The number of amides is 1. The molecular formula is C15H11BrF3NO. The topological polar surface area (TPSA) is 29.1 Å². The van der Waals surface area contributed by atoms with E-state index in [4.69, 9.17) is 0 Å². The summed E-state index contributed by atoms with van der Waals surface area (Å²) in [4.78, 5) is 12.2. The van der Waals surface area contributed by atoms with Crippen LogP contribution >= 0.6 is 15.9 Å². The summed E-state index contributed by atoms with van der Waals surface area (Å²) in [6, 6.07) is 9.96. The number of carbonyl (C=O) groups excluding carboxylic acids is 1. The number of para-hydroxylation sites is 1. The van der Waals surface area contributed by atoms with Crippen LogP contribution in [0.2, 0.25) is 0 Å². The maximum atomic E-state index is 12.9. The van der Waals surface area contributed by atoms with Crippen LogP contribution in [0.15, 0.2) is 46.9 Å². The van der Waals surface area contributed by atoms with Gasteiger partial charge >= 0.3 is 6.18 Å². The first kappa shape index (κ1) is 15.6. The lowest BCUT2D eigenvalue weighted by Gasteiger charge is -2.14. The van der Waals surface area contributed by atoms with Gasteiger partial charge in [0.25, 0.3) is 5.91 Å². The van der Waals surface area contributed by atoms with Gasteiger partial charge in [-0.25, -0.2) is 0 Å². The number of carbonyl (C=O) groups is 1. The normalized spacial score (nSPS) is 11.3. The lowest BCUT2D eigenvalue weighted by atomic mass is 10.1. The van der Waals surface area contributed by atoms with Crippen molar-refractivity contribution in [1.82, 2.24) is 0 Å². The Morgan fingerprint density at radius 3 is 2.48 bits per heavy atom. The second-order valence-electron chi connectivity index (χ2n) is 4.48. The zero-order chi connectivity index (χ0) is 15.6. The van der Waals surface area contributed by atoms with Crippen LogP contribution in [0.5, 0.6) is 0 Å². The molecule has 0 radical (unpaired) electrons. The third kappa shape index (κ3) is 3.64. The standard InChI is InChI=1S/C15H11BrF3NO/c1-9-6-7-12(16)10(8-9)14(21)20-13-5-3-2-4-11(13)15(17,18)19/h2-8H,1H3,(H,20,21). The molecule has 2 nitrogen and oxygen atoms in total. The molecular weight excluding hydrogens is 347 g/mol. The molecule has 2 rings (SSSR count). The molecule has 0 bridgehead atoms. The minimum absolute atomic E-state index is 0.261. The highest BCUT2D eigenvalue weighted by Crippen LogP contribution is 2.34. The highest BCUT2D eigenvalue weighted by molar-refractivity contribution is 9.10. The molecule has 2 aromatic rings. The van der Waals surface area contributed by atoms with E-state index in [9.17, 15) is 18.0 Å². The van der Waals surface area contributed by atoms with Gasteiger partial charge in [0, 0.05) is 4.47 Å². The fourth-order valence-corrected chi connectivity index (χ4v) is 2.27. The fraction of sp³-hybridized carbons (Fsp3) is 0.133. The Morgan fingerprint density at radius 1 is 1.14 bits per heavy atom. The van der Waals surface area contributed by atoms with Crippen LogP contribution in [0, 0.1) is 6.92 Å². The van der Waals surface area contributed by atoms with Crippen LogP contribution in [0.25, 0.3) is 0 Å². The van der Waals surface area contributed by atoms with Crippen molar-refractivity contribution in [2.24, 2.45) is 0 Å². The smallest absolute Gasteiger partial charge is 0.321 e. The van der Waals surface area contributed by atoms with E-state index in [2.05, 4.69) is 21.2 Å². The highest BCUT2D eigenvalue weighted by Gasteiger charge is 2.33. The summed E-state index contributed by atoms with van der Waals surface area (Å²) >= 11 is 3.22. The minimum atomic E-state index is -4.52. The average Bonchev–Trinajstić information content (AvgIpc) is 2.41. The van der Waals surface area contributed by atoms with Gasteiger partial charge < -0.3 is 5.32 Å². The third-order valence-electron chi connectivity index (χ3n) is 2.85. The molecule has 0 saturated carbocycles. The zero-order valence-electron chi connectivity index (χ0n) is 11.0. The molecule has 0 atom stereocenters. The molecule has 0 aliphatic rings. The van der Waals surface area contributed by atoms with E-state index in [-0.39, 0.29) is 11.3 Å². The highest BCUT2D eigenvalue weighted by atomic mass is 79.9. The lowest BCUT2D eigenvalue weighted by Crippen LogP contribution is -2.17. The number of alkyl halides is 3. The largest absolute Gasteiger partial charge is 0.418 e. The van der Waals surface area contributed by atoms with Crippen molar-refractivity contribution in [3.63, 3.8) is 0 Å². The number of halogens is 4. The molecule has 0 heterocycles. The average molecular weight is 358 g/mol. The van der Waals surface area contributed by atoms with Gasteiger partial charge in [-0.05, 0) is 47.1 Å². The first-order chi connectivity index (χ1) is 9.79. The van der Waals surface area contributed by atoms with E-state index in [1.54, 1.807) is 25.1 Å². The maximum absolute atomic E-state index is 12.9. The van der Waals surface area contributed by atoms with Crippen LogP contribution in [0.3, 0.4) is 0 Å². The van der Waals surface area contributed by atoms with Crippen LogP contribution in [0.1, 0.15) is 21.5 Å². The van der Waals surface area contributed by atoms with Crippen molar-refractivity contribution in [2.45, 2.75) is 13.1 Å². The van der Waals surface area contributed by atoms with E-state index < -0.39 is 17.6 Å². The van der Waals surface area contributed by atoms with Crippen molar-refractivity contribution in [3.8, 4) is 0 Å². The first-order valence-electron chi connectivity index (χ1n) is 6.03. The molecule has 2 aromatic carbocycles. The number of hydrogen-bond donors (Lipinski definition) is 1. The monoisotopic (exact) mass is 357 g/mol. The summed E-state index contributed by atoms with van der Waals surface area (Å²) in [5.74, 6) is -0.595. The second kappa shape index (κ2) is 5.89. The number of aryl methyl sites for hydroxylation is 1. The van der Waals surface area contributed by atoms with Crippen LogP contribution < -0.4 is 5.32 Å². The van der Waals surface area contributed by atoms with Gasteiger partial charge in [-0.15, -0.1) is 0 Å². The van der Waals surface area contributed by atoms with Crippen LogP contribution in [-0.4, -0.2) is 5.91 Å². The Morgan fingerprint density at radius 2 is 1.81 bits per heavy atom. The summed E-state index contributed by atoms with van der Waals surface area (Å²) in [5.41, 5.74) is -0.00929. The molecule has 0 saturated heterocycles. The first-order valence-corrected chi connectivity index (χ1v) is 6.82. The Bertz CT molecular complexity index is 683.